The average Bonchev–Trinajstić information content (AvgIpc) is 3.09. The minimum atomic E-state index is -0.873. The van der Waals surface area contributed by atoms with Crippen molar-refractivity contribution in [3.63, 3.8) is 0 Å². The van der Waals surface area contributed by atoms with Crippen molar-refractivity contribution in [3.8, 4) is 0 Å². The molecule has 2 fully saturated rings. The number of hydrogen-bond donors (Lipinski definition) is 1. The molecule has 4 heterocycles. The third-order valence-electron chi connectivity index (χ3n) is 7.22. The second-order valence-corrected chi connectivity index (χ2v) is 12.4. The Hall–Kier alpha value is -1.80. The number of esters is 1. The fourth-order valence-electron chi connectivity index (χ4n) is 5.86. The van der Waals surface area contributed by atoms with E-state index in [2.05, 4.69) is 0 Å². The van der Waals surface area contributed by atoms with Gasteiger partial charge in [0.2, 0.25) is 11.8 Å². The molecule has 0 aromatic rings. The van der Waals surface area contributed by atoms with E-state index in [1.54, 1.807) is 16.7 Å². The van der Waals surface area contributed by atoms with Gasteiger partial charge in [0.25, 0.3) is 0 Å². The molecule has 4 rings (SSSR count). The van der Waals surface area contributed by atoms with E-state index in [0.717, 1.165) is 0 Å². The minimum absolute atomic E-state index is 0.121. The van der Waals surface area contributed by atoms with Crippen molar-refractivity contribution in [2.45, 2.75) is 75.1 Å². The summed E-state index contributed by atoms with van der Waals surface area (Å²) >= 11 is 1.54. The van der Waals surface area contributed by atoms with Crippen LogP contribution >= 0.6 is 11.8 Å². The van der Waals surface area contributed by atoms with Crippen LogP contribution in [0.5, 0.6) is 0 Å². The normalized spacial score (nSPS) is 35.1. The first-order valence-electron chi connectivity index (χ1n) is 12.0. The number of nitrogens with zero attached hydrogens (tertiary/aromatic N) is 2. The Morgan fingerprint density at radius 3 is 2.58 bits per heavy atom. The summed E-state index contributed by atoms with van der Waals surface area (Å²) in [6.45, 7) is 10.6. The van der Waals surface area contributed by atoms with Gasteiger partial charge in [-0.1, -0.05) is 38.2 Å². The lowest BCUT2D eigenvalue weighted by Crippen LogP contribution is -2.59. The summed E-state index contributed by atoms with van der Waals surface area (Å²) in [5.41, 5.74) is -0.434. The van der Waals surface area contributed by atoms with Gasteiger partial charge in [-0.2, -0.15) is 0 Å². The Balaban J connectivity index is 1.87. The minimum Gasteiger partial charge on any atom is -0.465 e. The number of likely N-dealkylation sites (tertiary alicyclic amines) is 1. The lowest BCUT2D eigenvalue weighted by atomic mass is 9.78. The van der Waals surface area contributed by atoms with Crippen LogP contribution in [-0.2, 0) is 19.1 Å². The molecule has 1 spiro atoms. The maximum atomic E-state index is 14.2. The molecule has 0 bridgehead atoms. The van der Waals surface area contributed by atoms with E-state index >= 15 is 0 Å². The topological polar surface area (TPSA) is 87.2 Å². The zero-order valence-electron chi connectivity index (χ0n) is 20.2. The first-order chi connectivity index (χ1) is 15.5. The van der Waals surface area contributed by atoms with Crippen LogP contribution in [0, 0.1) is 17.8 Å². The second-order valence-electron chi connectivity index (χ2n) is 11.0. The molecule has 0 aromatic heterocycles. The van der Waals surface area contributed by atoms with Crippen molar-refractivity contribution >= 4 is 29.5 Å². The van der Waals surface area contributed by atoms with E-state index in [4.69, 9.17) is 4.74 Å². The molecule has 2 amide bonds. The van der Waals surface area contributed by atoms with Crippen LogP contribution in [0.25, 0.3) is 0 Å². The first kappa shape index (κ1) is 24.3. The number of amides is 2. The highest BCUT2D eigenvalue weighted by atomic mass is 32.2. The van der Waals surface area contributed by atoms with Crippen LogP contribution in [0.15, 0.2) is 24.3 Å². The quantitative estimate of drug-likeness (QED) is 0.495. The first-order valence-corrected chi connectivity index (χ1v) is 12.8. The number of aliphatic hydroxyl groups excluding tert-OH is 1. The van der Waals surface area contributed by atoms with Crippen molar-refractivity contribution < 1.29 is 24.2 Å². The molecular formula is C25H36N2O5S. The molecule has 4 aliphatic heterocycles. The number of cyclic esters (lactones) is 1. The number of fused-ring (bicyclic) bond motifs is 2. The van der Waals surface area contributed by atoms with Crippen molar-refractivity contribution in [3.05, 3.63) is 24.3 Å². The summed E-state index contributed by atoms with van der Waals surface area (Å²) in [7, 11) is 0. The molecule has 6 atom stereocenters. The van der Waals surface area contributed by atoms with Crippen molar-refractivity contribution in [1.82, 2.24) is 9.80 Å². The summed E-state index contributed by atoms with van der Waals surface area (Å²) in [6, 6.07) is -1.26. The Kier molecular flexibility index (Phi) is 6.46. The Morgan fingerprint density at radius 1 is 1.21 bits per heavy atom. The SMILES string of the molecule is CC(C)C[C@H](CO)N1C(=O)[C@@H]2[C@@H]3C(=O)OCCC=C[C@@H]3S[C@@]23C=CCN(C(C)(C)C)C(=O)C13. The highest BCUT2D eigenvalue weighted by Gasteiger charge is 2.72. The van der Waals surface area contributed by atoms with E-state index in [9.17, 15) is 19.5 Å². The monoisotopic (exact) mass is 476 g/mol. The van der Waals surface area contributed by atoms with Gasteiger partial charge in [0.1, 0.15) is 6.04 Å². The molecule has 2 saturated heterocycles. The van der Waals surface area contributed by atoms with E-state index in [-0.39, 0.29) is 35.6 Å². The number of hydrogen-bond acceptors (Lipinski definition) is 6. The number of carbonyl (C=O) groups is 3. The summed E-state index contributed by atoms with van der Waals surface area (Å²) in [6.07, 6.45) is 9.22. The average molecular weight is 477 g/mol. The third kappa shape index (κ3) is 3.93. The molecule has 8 heteroatoms. The number of rotatable bonds is 4. The van der Waals surface area contributed by atoms with Crippen LogP contribution in [0.1, 0.15) is 47.5 Å². The zero-order valence-corrected chi connectivity index (χ0v) is 21.0. The molecule has 0 aromatic carbocycles. The van der Waals surface area contributed by atoms with E-state index < -0.39 is 34.2 Å². The second kappa shape index (κ2) is 8.77. The summed E-state index contributed by atoms with van der Waals surface area (Å²) < 4.78 is 4.63. The van der Waals surface area contributed by atoms with Crippen molar-refractivity contribution in [2.24, 2.45) is 17.8 Å². The highest BCUT2D eigenvalue weighted by molar-refractivity contribution is 8.02. The third-order valence-corrected chi connectivity index (χ3v) is 8.96. The molecule has 0 aliphatic carbocycles. The van der Waals surface area contributed by atoms with Gasteiger partial charge in [-0.15, -0.1) is 11.8 Å². The van der Waals surface area contributed by atoms with Gasteiger partial charge >= 0.3 is 5.97 Å². The molecule has 1 unspecified atom stereocenters. The van der Waals surface area contributed by atoms with Crippen LogP contribution in [-0.4, -0.2) is 80.1 Å². The molecule has 4 aliphatic rings. The smallest absolute Gasteiger partial charge is 0.311 e. The van der Waals surface area contributed by atoms with Crippen molar-refractivity contribution in [2.75, 3.05) is 19.8 Å². The lowest BCUT2D eigenvalue weighted by molar-refractivity contribution is -0.154. The molecule has 0 saturated carbocycles. The predicted octanol–water partition coefficient (Wildman–Crippen LogP) is 2.39. The molecule has 1 N–H and O–H groups in total. The molecule has 182 valence electrons. The Bertz CT molecular complexity index is 879. The largest absolute Gasteiger partial charge is 0.465 e. The summed E-state index contributed by atoms with van der Waals surface area (Å²) in [5.74, 6) is -1.83. The van der Waals surface area contributed by atoms with Crippen LogP contribution < -0.4 is 0 Å². The lowest BCUT2D eigenvalue weighted by Gasteiger charge is -2.42. The fraction of sp³-hybridized carbons (Fsp3) is 0.720. The van der Waals surface area contributed by atoms with Gasteiger partial charge in [0.05, 0.1) is 35.8 Å². The molecule has 7 nitrogen and oxygen atoms in total. The van der Waals surface area contributed by atoms with E-state index in [1.807, 2.05) is 63.8 Å². The summed E-state index contributed by atoms with van der Waals surface area (Å²) in [5, 5.41) is 10.1. The van der Waals surface area contributed by atoms with Gasteiger partial charge in [-0.3, -0.25) is 14.4 Å². The van der Waals surface area contributed by atoms with Crippen LogP contribution in [0.2, 0.25) is 0 Å². The Morgan fingerprint density at radius 2 is 1.94 bits per heavy atom. The maximum Gasteiger partial charge on any atom is 0.311 e. The highest BCUT2D eigenvalue weighted by Crippen LogP contribution is 2.61. The molecule has 0 radical (unpaired) electrons. The molecular weight excluding hydrogens is 440 g/mol. The van der Waals surface area contributed by atoms with Gasteiger partial charge in [0.15, 0.2) is 0 Å². The van der Waals surface area contributed by atoms with Gasteiger partial charge in [-0.25, -0.2) is 0 Å². The van der Waals surface area contributed by atoms with E-state index in [0.29, 0.717) is 26.0 Å². The number of thioether (sulfide) groups is 1. The van der Waals surface area contributed by atoms with Gasteiger partial charge in [0, 0.05) is 17.3 Å². The van der Waals surface area contributed by atoms with Crippen molar-refractivity contribution in [1.29, 1.82) is 0 Å². The Labute approximate surface area is 200 Å². The van der Waals surface area contributed by atoms with Gasteiger partial charge in [-0.05, 0) is 39.5 Å². The molecule has 33 heavy (non-hydrogen) atoms. The van der Waals surface area contributed by atoms with E-state index in [1.165, 1.54) is 0 Å². The van der Waals surface area contributed by atoms with Gasteiger partial charge < -0.3 is 19.6 Å². The predicted molar refractivity (Wildman–Crippen MR) is 127 cm³/mol. The number of ether oxygens (including phenoxy) is 1. The standard InChI is InChI=1S/C25H36N2O5S/c1-15(2)13-16(14-28)27-20-22(30)26(24(3,4)5)11-8-10-25(20)19(21(27)29)18-17(33-25)9-6-7-12-32-23(18)31/h6,8-10,15-20,28H,7,11-14H2,1-5H3/t16-,17+,18-,19+,20?,25+/m1/s1. The number of aliphatic hydroxyl groups is 1. The summed E-state index contributed by atoms with van der Waals surface area (Å²) in [4.78, 5) is 44.8. The fourth-order valence-corrected chi connectivity index (χ4v) is 7.85. The van der Waals surface area contributed by atoms with Crippen LogP contribution in [0.4, 0.5) is 0 Å². The van der Waals surface area contributed by atoms with Crippen LogP contribution in [0.3, 0.4) is 0 Å². The zero-order chi connectivity index (χ0) is 24.1. The number of carbonyl (C=O) groups excluding carboxylic acids is 3. The maximum absolute atomic E-state index is 14.2.